The number of rotatable bonds is 7. The Morgan fingerprint density at radius 2 is 1.63 bits per heavy atom. The summed E-state index contributed by atoms with van der Waals surface area (Å²) in [5, 5.41) is 7.73. The van der Waals surface area contributed by atoms with Crippen molar-refractivity contribution in [3.05, 3.63) is 101 Å². The summed E-state index contributed by atoms with van der Waals surface area (Å²) in [6.07, 6.45) is 0. The molecule has 1 heterocycles. The molecule has 1 aromatic heterocycles. The van der Waals surface area contributed by atoms with Crippen molar-refractivity contribution >= 4 is 33.6 Å². The van der Waals surface area contributed by atoms with Crippen LogP contribution in [-0.4, -0.2) is 39.1 Å². The molecule has 0 unspecified atom stereocenters. The van der Waals surface area contributed by atoms with E-state index in [1.165, 1.54) is 0 Å². The number of halogens is 1. The van der Waals surface area contributed by atoms with Crippen LogP contribution in [0, 0.1) is 6.92 Å². The van der Waals surface area contributed by atoms with Gasteiger partial charge in [0.2, 0.25) is 5.91 Å². The van der Waals surface area contributed by atoms with E-state index in [0.717, 1.165) is 27.0 Å². The van der Waals surface area contributed by atoms with Crippen molar-refractivity contribution in [3.8, 4) is 16.9 Å². The zero-order valence-electron chi connectivity index (χ0n) is 19.9. The Balaban J connectivity index is 1.60. The number of nitrogens with zero attached hydrogens (tertiary/aromatic N) is 3. The maximum absolute atomic E-state index is 13.1. The molecule has 4 rings (SSSR count). The summed E-state index contributed by atoms with van der Waals surface area (Å²) in [6, 6.07) is 26.6. The number of aryl methyl sites for hydroxylation is 1. The van der Waals surface area contributed by atoms with Gasteiger partial charge in [0.25, 0.3) is 5.91 Å². The summed E-state index contributed by atoms with van der Waals surface area (Å²) in [6.45, 7) is 5.74. The van der Waals surface area contributed by atoms with Gasteiger partial charge in [0, 0.05) is 27.7 Å². The molecule has 4 aromatic rings. The maximum Gasteiger partial charge on any atom is 0.254 e. The van der Waals surface area contributed by atoms with E-state index in [2.05, 4.69) is 21.2 Å². The van der Waals surface area contributed by atoms with Gasteiger partial charge in [0.15, 0.2) is 0 Å². The lowest BCUT2D eigenvalue weighted by Gasteiger charge is -2.26. The first kappa shape index (κ1) is 24.4. The van der Waals surface area contributed by atoms with Crippen LogP contribution in [0.1, 0.15) is 29.8 Å². The Morgan fingerprint density at radius 3 is 2.26 bits per heavy atom. The van der Waals surface area contributed by atoms with Crippen LogP contribution >= 0.6 is 15.9 Å². The molecule has 0 atom stereocenters. The zero-order chi connectivity index (χ0) is 24.9. The molecule has 0 radical (unpaired) electrons. The van der Waals surface area contributed by atoms with Gasteiger partial charge in [0.1, 0.15) is 12.4 Å². The van der Waals surface area contributed by atoms with Crippen molar-refractivity contribution in [3.63, 3.8) is 0 Å². The molecule has 0 spiro atoms. The van der Waals surface area contributed by atoms with Crippen molar-refractivity contribution in [2.24, 2.45) is 0 Å². The van der Waals surface area contributed by atoms with Crippen LogP contribution in [0.3, 0.4) is 0 Å². The molecule has 0 aliphatic rings. The minimum atomic E-state index is -0.294. The molecule has 7 heteroatoms. The smallest absolute Gasteiger partial charge is 0.254 e. The third-order valence-corrected chi connectivity index (χ3v) is 6.14. The fourth-order valence-electron chi connectivity index (χ4n) is 3.69. The second kappa shape index (κ2) is 10.7. The first-order valence-corrected chi connectivity index (χ1v) is 12.2. The molecule has 3 aromatic carbocycles. The van der Waals surface area contributed by atoms with Gasteiger partial charge < -0.3 is 10.2 Å². The van der Waals surface area contributed by atoms with Crippen LogP contribution in [0.5, 0.6) is 0 Å². The third kappa shape index (κ3) is 5.87. The van der Waals surface area contributed by atoms with Crippen molar-refractivity contribution in [2.45, 2.75) is 26.8 Å². The van der Waals surface area contributed by atoms with Gasteiger partial charge in [-0.05, 0) is 57.2 Å². The second-order valence-electron chi connectivity index (χ2n) is 8.61. The van der Waals surface area contributed by atoms with E-state index in [0.29, 0.717) is 11.4 Å². The van der Waals surface area contributed by atoms with Crippen LogP contribution < -0.4 is 5.32 Å². The number of carbonyl (C=O) groups excluding carboxylic acids is 2. The minimum absolute atomic E-state index is 0.0771. The summed E-state index contributed by atoms with van der Waals surface area (Å²) in [5.74, 6) is 0.0502. The Bertz CT molecular complexity index is 1310. The Labute approximate surface area is 213 Å². The molecule has 1 N–H and O–H groups in total. The lowest BCUT2D eigenvalue weighted by atomic mass is 10.1. The van der Waals surface area contributed by atoms with Crippen LogP contribution in [0.15, 0.2) is 89.4 Å². The zero-order valence-corrected chi connectivity index (χ0v) is 21.5. The monoisotopic (exact) mass is 530 g/mol. The van der Waals surface area contributed by atoms with E-state index in [-0.39, 0.29) is 24.4 Å². The topological polar surface area (TPSA) is 67.2 Å². The van der Waals surface area contributed by atoms with Crippen molar-refractivity contribution in [1.82, 2.24) is 14.7 Å². The molecule has 0 aliphatic carbocycles. The summed E-state index contributed by atoms with van der Waals surface area (Å²) in [7, 11) is 0. The Kier molecular flexibility index (Phi) is 7.46. The minimum Gasteiger partial charge on any atom is -0.327 e. The fraction of sp³-hybridized carbons (Fsp3) is 0.179. The molecule has 6 nitrogen and oxygen atoms in total. The molecule has 0 bridgehead atoms. The number of amides is 2. The maximum atomic E-state index is 13.1. The summed E-state index contributed by atoms with van der Waals surface area (Å²) in [5.41, 5.74) is 4.19. The van der Waals surface area contributed by atoms with Gasteiger partial charge in [-0.3, -0.25) is 9.59 Å². The lowest BCUT2D eigenvalue weighted by Crippen LogP contribution is -2.42. The van der Waals surface area contributed by atoms with E-state index < -0.39 is 0 Å². The summed E-state index contributed by atoms with van der Waals surface area (Å²) >= 11 is 3.39. The van der Waals surface area contributed by atoms with Crippen molar-refractivity contribution in [2.75, 3.05) is 11.9 Å². The highest BCUT2D eigenvalue weighted by atomic mass is 79.9. The molecule has 0 aliphatic heterocycles. The van der Waals surface area contributed by atoms with Gasteiger partial charge in [-0.25, -0.2) is 4.68 Å². The lowest BCUT2D eigenvalue weighted by molar-refractivity contribution is -0.117. The number of hydrogen-bond donors (Lipinski definition) is 1. The molecule has 0 saturated heterocycles. The quantitative estimate of drug-likeness (QED) is 0.314. The SMILES string of the molecule is Cc1ccc(-n2nc(-c3ccccc3)cc2NC(=O)CN(C(=O)c2ccc(Br)cc2)C(C)C)cc1. The van der Waals surface area contributed by atoms with Gasteiger partial charge >= 0.3 is 0 Å². The predicted octanol–water partition coefficient (Wildman–Crippen LogP) is 6.10. The van der Waals surface area contributed by atoms with Gasteiger partial charge in [0.05, 0.1) is 11.4 Å². The van der Waals surface area contributed by atoms with E-state index in [9.17, 15) is 9.59 Å². The molecule has 0 saturated carbocycles. The molecule has 2 amide bonds. The first-order chi connectivity index (χ1) is 16.8. The summed E-state index contributed by atoms with van der Waals surface area (Å²) in [4.78, 5) is 27.8. The number of benzene rings is 3. The van der Waals surface area contributed by atoms with E-state index >= 15 is 0 Å². The average molecular weight is 531 g/mol. The number of anilines is 1. The Hall–Kier alpha value is -3.71. The highest BCUT2D eigenvalue weighted by molar-refractivity contribution is 9.10. The number of carbonyl (C=O) groups is 2. The average Bonchev–Trinajstić information content (AvgIpc) is 3.27. The molecular weight excluding hydrogens is 504 g/mol. The van der Waals surface area contributed by atoms with Gasteiger partial charge in [-0.15, -0.1) is 0 Å². The molecule has 0 fully saturated rings. The van der Waals surface area contributed by atoms with E-state index in [1.54, 1.807) is 21.7 Å². The first-order valence-electron chi connectivity index (χ1n) is 11.4. The van der Waals surface area contributed by atoms with Crippen LogP contribution in [0.2, 0.25) is 0 Å². The fourth-order valence-corrected chi connectivity index (χ4v) is 3.95. The van der Waals surface area contributed by atoms with Crippen LogP contribution in [0.25, 0.3) is 16.9 Å². The van der Waals surface area contributed by atoms with Gasteiger partial charge in [-0.2, -0.15) is 5.10 Å². The highest BCUT2D eigenvalue weighted by Crippen LogP contribution is 2.25. The number of aromatic nitrogens is 2. The summed E-state index contributed by atoms with van der Waals surface area (Å²) < 4.78 is 2.61. The molecular formula is C28H27BrN4O2. The highest BCUT2D eigenvalue weighted by Gasteiger charge is 2.23. The second-order valence-corrected chi connectivity index (χ2v) is 9.53. The Morgan fingerprint density at radius 1 is 0.971 bits per heavy atom. The van der Waals surface area contributed by atoms with Gasteiger partial charge in [-0.1, -0.05) is 64.0 Å². The van der Waals surface area contributed by atoms with E-state index in [1.807, 2.05) is 93.6 Å². The molecule has 178 valence electrons. The molecule has 35 heavy (non-hydrogen) atoms. The number of hydrogen-bond acceptors (Lipinski definition) is 3. The van der Waals surface area contributed by atoms with Crippen LogP contribution in [0.4, 0.5) is 5.82 Å². The van der Waals surface area contributed by atoms with Crippen molar-refractivity contribution in [1.29, 1.82) is 0 Å². The predicted molar refractivity (Wildman–Crippen MR) is 143 cm³/mol. The standard InChI is InChI=1S/C28H27BrN4O2/c1-19(2)32(28(35)22-11-13-23(29)14-12-22)18-27(34)30-26-17-25(21-7-5-4-6-8-21)31-33(26)24-15-9-20(3)10-16-24/h4-17,19H,18H2,1-3H3,(H,30,34). The van der Waals surface area contributed by atoms with Crippen LogP contribution in [-0.2, 0) is 4.79 Å². The normalized spacial score (nSPS) is 10.9. The largest absolute Gasteiger partial charge is 0.327 e. The van der Waals surface area contributed by atoms with Crippen molar-refractivity contribution < 1.29 is 9.59 Å². The third-order valence-electron chi connectivity index (χ3n) is 5.61. The van der Waals surface area contributed by atoms with E-state index in [4.69, 9.17) is 5.10 Å². The number of nitrogens with one attached hydrogen (secondary N) is 1.